The lowest BCUT2D eigenvalue weighted by atomic mass is 10.3. The third-order valence-electron chi connectivity index (χ3n) is 3.24. The summed E-state index contributed by atoms with van der Waals surface area (Å²) in [5.41, 5.74) is 0. The second-order valence-electron chi connectivity index (χ2n) is 4.62. The average molecular weight is 389 g/mol. The molecule has 0 saturated carbocycles. The first-order chi connectivity index (χ1) is 10.1. The van der Waals surface area contributed by atoms with Crippen molar-refractivity contribution in [3.05, 3.63) is 40.3 Å². The third kappa shape index (κ3) is 3.13. The van der Waals surface area contributed by atoms with Gasteiger partial charge in [-0.3, -0.25) is 0 Å². The van der Waals surface area contributed by atoms with Gasteiger partial charge >= 0.3 is 0 Å². The summed E-state index contributed by atoms with van der Waals surface area (Å²) in [6.07, 6.45) is 2.20. The molecule has 0 aliphatic carbocycles. The van der Waals surface area contributed by atoms with Crippen LogP contribution in [0.1, 0.15) is 6.42 Å². The van der Waals surface area contributed by atoms with E-state index in [4.69, 9.17) is 4.74 Å². The van der Waals surface area contributed by atoms with Crippen molar-refractivity contribution < 1.29 is 13.2 Å². The molecule has 1 aromatic carbocycles. The maximum Gasteiger partial charge on any atom is 0.273 e. The topological polar surface area (TPSA) is 59.5 Å². The number of hydrogen-bond donors (Lipinski definition) is 0. The van der Waals surface area contributed by atoms with Crippen LogP contribution in [0.5, 0.6) is 5.19 Å². The fourth-order valence-electron chi connectivity index (χ4n) is 2.22. The van der Waals surface area contributed by atoms with E-state index in [0.717, 1.165) is 0 Å². The predicted octanol–water partition coefficient (Wildman–Crippen LogP) is 2.75. The minimum absolute atomic E-state index is 0.145. The molecule has 1 aromatic heterocycles. The van der Waals surface area contributed by atoms with Gasteiger partial charge in [0.1, 0.15) is 6.10 Å². The van der Waals surface area contributed by atoms with Crippen LogP contribution in [0.3, 0.4) is 0 Å². The number of sulfonamides is 1. The van der Waals surface area contributed by atoms with Crippen molar-refractivity contribution in [1.82, 2.24) is 9.29 Å². The molecule has 112 valence electrons. The molecule has 2 heterocycles. The van der Waals surface area contributed by atoms with E-state index in [1.165, 1.54) is 15.6 Å². The number of benzene rings is 1. The van der Waals surface area contributed by atoms with E-state index in [0.29, 0.717) is 34.1 Å². The van der Waals surface area contributed by atoms with Crippen LogP contribution < -0.4 is 4.74 Å². The lowest BCUT2D eigenvalue weighted by Crippen LogP contribution is -2.31. The molecule has 3 rings (SSSR count). The maximum atomic E-state index is 12.6. The highest BCUT2D eigenvalue weighted by molar-refractivity contribution is 9.10. The number of halogens is 1. The predicted molar refractivity (Wildman–Crippen MR) is 84.0 cm³/mol. The van der Waals surface area contributed by atoms with Gasteiger partial charge in [0, 0.05) is 22.6 Å². The van der Waals surface area contributed by atoms with Crippen LogP contribution in [0.2, 0.25) is 0 Å². The first-order valence-electron chi connectivity index (χ1n) is 6.38. The quantitative estimate of drug-likeness (QED) is 0.807. The van der Waals surface area contributed by atoms with E-state index in [9.17, 15) is 8.42 Å². The van der Waals surface area contributed by atoms with Crippen LogP contribution in [0.25, 0.3) is 0 Å². The molecule has 0 radical (unpaired) electrons. The van der Waals surface area contributed by atoms with Crippen molar-refractivity contribution in [2.24, 2.45) is 0 Å². The van der Waals surface area contributed by atoms with E-state index in [2.05, 4.69) is 20.9 Å². The molecule has 1 fully saturated rings. The average Bonchev–Trinajstić information content (AvgIpc) is 3.11. The van der Waals surface area contributed by atoms with Crippen LogP contribution in [0.4, 0.5) is 0 Å². The Morgan fingerprint density at radius 1 is 1.38 bits per heavy atom. The van der Waals surface area contributed by atoms with Gasteiger partial charge in [-0.1, -0.05) is 23.5 Å². The number of aromatic nitrogens is 1. The van der Waals surface area contributed by atoms with Gasteiger partial charge < -0.3 is 4.74 Å². The molecule has 0 amide bonds. The molecule has 1 atom stereocenters. The fourth-order valence-corrected chi connectivity index (χ4v) is 5.22. The Labute approximate surface area is 135 Å². The van der Waals surface area contributed by atoms with Crippen LogP contribution in [0, 0.1) is 0 Å². The molecule has 21 heavy (non-hydrogen) atoms. The zero-order valence-corrected chi connectivity index (χ0v) is 14.2. The Morgan fingerprint density at radius 2 is 2.19 bits per heavy atom. The van der Waals surface area contributed by atoms with Gasteiger partial charge in [0.2, 0.25) is 10.0 Å². The SMILES string of the molecule is O=S(=O)(c1ccccc1Br)N1CCC(Oc2nccs2)C1. The lowest BCUT2D eigenvalue weighted by Gasteiger charge is -2.17. The standard InChI is InChI=1S/C13H13BrN2O3S2/c14-11-3-1-2-4-12(11)21(17,18)16-7-5-10(9-16)19-13-15-6-8-20-13/h1-4,6,8,10H,5,7,9H2. The molecule has 0 bridgehead atoms. The van der Waals surface area contributed by atoms with Crippen LogP contribution >= 0.6 is 27.3 Å². The van der Waals surface area contributed by atoms with E-state index in [-0.39, 0.29) is 6.10 Å². The van der Waals surface area contributed by atoms with Gasteiger partial charge in [0.15, 0.2) is 0 Å². The summed E-state index contributed by atoms with van der Waals surface area (Å²) in [7, 11) is -3.49. The van der Waals surface area contributed by atoms with E-state index < -0.39 is 10.0 Å². The Hall–Kier alpha value is -0.960. The van der Waals surface area contributed by atoms with Crippen molar-refractivity contribution in [3.8, 4) is 5.19 Å². The van der Waals surface area contributed by atoms with Gasteiger partial charge in [0.25, 0.3) is 5.19 Å². The molecular weight excluding hydrogens is 376 g/mol. The van der Waals surface area contributed by atoms with Crippen LogP contribution in [-0.4, -0.2) is 36.9 Å². The first kappa shape index (κ1) is 15.0. The molecule has 0 N–H and O–H groups in total. The summed E-state index contributed by atoms with van der Waals surface area (Å²) in [5, 5.41) is 2.42. The number of ether oxygens (including phenoxy) is 1. The lowest BCUT2D eigenvalue weighted by molar-refractivity contribution is 0.214. The zero-order valence-electron chi connectivity index (χ0n) is 11.0. The van der Waals surface area contributed by atoms with Gasteiger partial charge in [-0.25, -0.2) is 13.4 Å². The van der Waals surface area contributed by atoms with Crippen LogP contribution in [-0.2, 0) is 10.0 Å². The van der Waals surface area contributed by atoms with Gasteiger partial charge in [0.05, 0.1) is 11.4 Å². The number of rotatable bonds is 4. The molecule has 1 aliphatic heterocycles. The summed E-state index contributed by atoms with van der Waals surface area (Å²) in [5.74, 6) is 0. The van der Waals surface area contributed by atoms with Crippen molar-refractivity contribution in [2.45, 2.75) is 17.4 Å². The summed E-state index contributed by atoms with van der Waals surface area (Å²) < 4.78 is 33.0. The molecular formula is C13H13BrN2O3S2. The van der Waals surface area contributed by atoms with Crippen molar-refractivity contribution in [2.75, 3.05) is 13.1 Å². The third-order valence-corrected chi connectivity index (χ3v) is 6.78. The smallest absolute Gasteiger partial charge is 0.273 e. The molecule has 1 saturated heterocycles. The van der Waals surface area contributed by atoms with Gasteiger partial charge in [-0.2, -0.15) is 4.31 Å². The largest absolute Gasteiger partial charge is 0.465 e. The maximum absolute atomic E-state index is 12.6. The van der Waals surface area contributed by atoms with E-state index >= 15 is 0 Å². The van der Waals surface area contributed by atoms with E-state index in [1.807, 2.05) is 5.38 Å². The van der Waals surface area contributed by atoms with Crippen molar-refractivity contribution in [3.63, 3.8) is 0 Å². The fraction of sp³-hybridized carbons (Fsp3) is 0.308. The molecule has 1 aliphatic rings. The van der Waals surface area contributed by atoms with E-state index in [1.54, 1.807) is 30.5 Å². The zero-order chi connectivity index (χ0) is 14.9. The first-order valence-corrected chi connectivity index (χ1v) is 9.49. The minimum Gasteiger partial charge on any atom is -0.465 e. The summed E-state index contributed by atoms with van der Waals surface area (Å²) in [6, 6.07) is 6.85. The normalized spacial score (nSPS) is 19.8. The van der Waals surface area contributed by atoms with Crippen molar-refractivity contribution >= 4 is 37.3 Å². The Bertz CT molecular complexity index is 719. The molecule has 0 spiro atoms. The number of hydrogen-bond acceptors (Lipinski definition) is 5. The summed E-state index contributed by atoms with van der Waals surface area (Å²) >= 11 is 4.71. The Kier molecular flexibility index (Phi) is 4.30. The van der Waals surface area contributed by atoms with Gasteiger partial charge in [-0.05, 0) is 34.5 Å². The second kappa shape index (κ2) is 6.04. The summed E-state index contributed by atoms with van der Waals surface area (Å²) in [4.78, 5) is 4.35. The number of nitrogens with zero attached hydrogens (tertiary/aromatic N) is 2. The second-order valence-corrected chi connectivity index (χ2v) is 8.24. The molecule has 1 unspecified atom stereocenters. The Morgan fingerprint density at radius 3 is 2.90 bits per heavy atom. The minimum atomic E-state index is -3.49. The van der Waals surface area contributed by atoms with Crippen molar-refractivity contribution in [1.29, 1.82) is 0 Å². The highest BCUT2D eigenvalue weighted by atomic mass is 79.9. The Balaban J connectivity index is 1.75. The summed E-state index contributed by atoms with van der Waals surface area (Å²) in [6.45, 7) is 0.808. The molecule has 5 nitrogen and oxygen atoms in total. The molecule has 8 heteroatoms. The highest BCUT2D eigenvalue weighted by Gasteiger charge is 2.34. The van der Waals surface area contributed by atoms with Crippen LogP contribution in [0.15, 0.2) is 45.2 Å². The number of thiazole rings is 1. The molecule has 2 aromatic rings. The van der Waals surface area contributed by atoms with Gasteiger partial charge in [-0.15, -0.1) is 0 Å². The highest BCUT2D eigenvalue weighted by Crippen LogP contribution is 2.28. The monoisotopic (exact) mass is 388 g/mol.